The first kappa shape index (κ1) is 17.4. The highest BCUT2D eigenvalue weighted by Gasteiger charge is 2.16. The number of benzene rings is 1. The van der Waals surface area contributed by atoms with Gasteiger partial charge in [-0.05, 0) is 12.5 Å². The topological polar surface area (TPSA) is 75.0 Å². The number of carboxylic acid groups (broad SMARTS) is 1. The van der Waals surface area contributed by atoms with Crippen LogP contribution in [0.15, 0.2) is 52.3 Å². The van der Waals surface area contributed by atoms with Gasteiger partial charge in [0.1, 0.15) is 4.83 Å². The molecule has 0 aliphatic carbocycles. The summed E-state index contributed by atoms with van der Waals surface area (Å²) in [5.74, 6) is -1.46. The summed E-state index contributed by atoms with van der Waals surface area (Å²) < 4.78 is 1.45. The van der Waals surface area contributed by atoms with Crippen molar-refractivity contribution in [1.29, 1.82) is 0 Å². The Bertz CT molecular complexity index is 1000. The molecule has 0 aliphatic rings. The van der Waals surface area contributed by atoms with Crippen LogP contribution in [-0.2, 0) is 11.3 Å². The van der Waals surface area contributed by atoms with Crippen LogP contribution in [0.25, 0.3) is 21.3 Å². The van der Waals surface area contributed by atoms with Gasteiger partial charge in [-0.2, -0.15) is 0 Å². The second kappa shape index (κ2) is 7.25. The number of aliphatic carboxylic acids is 1. The summed E-state index contributed by atoms with van der Waals surface area (Å²) in [6.07, 6.45) is 1.59. The van der Waals surface area contributed by atoms with E-state index < -0.39 is 5.97 Å². The molecule has 3 rings (SSSR count). The van der Waals surface area contributed by atoms with Crippen molar-refractivity contribution in [1.82, 2.24) is 9.55 Å². The van der Waals surface area contributed by atoms with Gasteiger partial charge in [-0.1, -0.05) is 47.7 Å². The highest BCUT2D eigenvalue weighted by atomic mass is 32.2. The quantitative estimate of drug-likeness (QED) is 0.378. The summed E-state index contributed by atoms with van der Waals surface area (Å²) in [6, 6.07) is 7.96. The molecule has 0 radical (unpaired) electrons. The van der Waals surface area contributed by atoms with E-state index in [-0.39, 0.29) is 17.9 Å². The molecule has 2 heterocycles. The summed E-state index contributed by atoms with van der Waals surface area (Å²) in [5, 5.41) is 13.6. The summed E-state index contributed by atoms with van der Waals surface area (Å²) in [5.41, 5.74) is 2.75. The van der Waals surface area contributed by atoms with Crippen LogP contribution >= 0.6 is 23.1 Å². The minimum absolute atomic E-state index is 0.192. The van der Waals surface area contributed by atoms with Gasteiger partial charge in [0.2, 0.25) is 0 Å². The van der Waals surface area contributed by atoms with Gasteiger partial charge >= 0.3 is 0 Å². The van der Waals surface area contributed by atoms with Crippen molar-refractivity contribution in [3.63, 3.8) is 0 Å². The maximum absolute atomic E-state index is 13.0. The average molecular weight is 371 g/mol. The monoisotopic (exact) mass is 371 g/mol. The zero-order valence-corrected chi connectivity index (χ0v) is 15.2. The van der Waals surface area contributed by atoms with Gasteiger partial charge in [-0.25, -0.2) is 4.98 Å². The first-order valence-electron chi connectivity index (χ1n) is 7.54. The van der Waals surface area contributed by atoms with Crippen molar-refractivity contribution >= 4 is 39.3 Å². The standard InChI is InChI=1S/C18H16N2O3S2/c1-3-8-20-17(23)15-13(12-6-4-11(2)5-7-12)9-24-16(15)19-18(20)25-10-14(21)22/h3-7,9H,1,8,10H2,2H3,(H,21,22)/p-1. The van der Waals surface area contributed by atoms with Gasteiger partial charge in [-0.15, -0.1) is 17.9 Å². The molecule has 0 fully saturated rings. The predicted molar refractivity (Wildman–Crippen MR) is 100.0 cm³/mol. The number of aryl methyl sites for hydroxylation is 1. The van der Waals surface area contributed by atoms with Gasteiger partial charge < -0.3 is 9.90 Å². The molecule has 25 heavy (non-hydrogen) atoms. The van der Waals surface area contributed by atoms with Crippen LogP contribution in [-0.4, -0.2) is 21.3 Å². The molecule has 0 amide bonds. The number of carbonyl (C=O) groups is 1. The summed E-state index contributed by atoms with van der Waals surface area (Å²) in [4.78, 5) is 28.8. The Morgan fingerprint density at radius 1 is 1.40 bits per heavy atom. The highest BCUT2D eigenvalue weighted by Crippen LogP contribution is 2.32. The van der Waals surface area contributed by atoms with Crippen molar-refractivity contribution in [2.45, 2.75) is 18.6 Å². The zero-order valence-electron chi connectivity index (χ0n) is 13.5. The smallest absolute Gasteiger partial charge is 0.263 e. The number of carboxylic acids is 1. The molecule has 128 valence electrons. The van der Waals surface area contributed by atoms with Crippen LogP contribution < -0.4 is 10.7 Å². The molecule has 0 N–H and O–H groups in total. The molecular weight excluding hydrogens is 356 g/mol. The number of nitrogens with zero attached hydrogens (tertiary/aromatic N) is 2. The number of carbonyl (C=O) groups excluding carboxylic acids is 1. The van der Waals surface area contributed by atoms with Crippen LogP contribution in [0.4, 0.5) is 0 Å². The van der Waals surface area contributed by atoms with Gasteiger partial charge in [0.15, 0.2) is 5.16 Å². The molecule has 1 aromatic carbocycles. The van der Waals surface area contributed by atoms with Crippen molar-refractivity contribution < 1.29 is 9.90 Å². The second-order valence-electron chi connectivity index (χ2n) is 5.46. The van der Waals surface area contributed by atoms with E-state index in [1.54, 1.807) is 6.08 Å². The molecule has 7 heteroatoms. The first-order chi connectivity index (χ1) is 12.0. The third-order valence-corrected chi connectivity index (χ3v) is 5.47. The number of allylic oxidation sites excluding steroid dienone is 1. The van der Waals surface area contributed by atoms with Crippen LogP contribution in [0.1, 0.15) is 5.56 Å². The molecule has 0 saturated heterocycles. The maximum Gasteiger partial charge on any atom is 0.263 e. The van der Waals surface area contributed by atoms with Crippen molar-refractivity contribution in [3.05, 3.63) is 58.2 Å². The number of fused-ring (bicyclic) bond motifs is 1. The van der Waals surface area contributed by atoms with E-state index >= 15 is 0 Å². The summed E-state index contributed by atoms with van der Waals surface area (Å²) >= 11 is 2.36. The lowest BCUT2D eigenvalue weighted by molar-refractivity contribution is -0.301. The lowest BCUT2D eigenvalue weighted by Crippen LogP contribution is -2.26. The van der Waals surface area contributed by atoms with E-state index in [1.807, 2.05) is 36.6 Å². The van der Waals surface area contributed by atoms with Gasteiger partial charge in [0, 0.05) is 23.2 Å². The van der Waals surface area contributed by atoms with Gasteiger partial charge in [-0.3, -0.25) is 9.36 Å². The Morgan fingerprint density at radius 2 is 2.12 bits per heavy atom. The predicted octanol–water partition coefficient (Wildman–Crippen LogP) is 2.46. The SMILES string of the molecule is C=CCn1c(SCC(=O)[O-])nc2scc(-c3ccc(C)cc3)c2c1=O. The fourth-order valence-corrected chi connectivity index (χ4v) is 4.19. The number of thioether (sulfide) groups is 1. The van der Waals surface area contributed by atoms with E-state index in [0.717, 1.165) is 28.5 Å². The third kappa shape index (κ3) is 3.52. The highest BCUT2D eigenvalue weighted by molar-refractivity contribution is 7.99. The zero-order chi connectivity index (χ0) is 18.0. The molecule has 5 nitrogen and oxygen atoms in total. The Hall–Kier alpha value is -2.38. The van der Waals surface area contributed by atoms with E-state index in [1.165, 1.54) is 15.9 Å². The molecular formula is C18H15N2O3S2-. The van der Waals surface area contributed by atoms with Crippen molar-refractivity contribution in [3.8, 4) is 11.1 Å². The molecule has 2 aromatic heterocycles. The fraction of sp³-hybridized carbons (Fsp3) is 0.167. The number of hydrogen-bond donors (Lipinski definition) is 0. The maximum atomic E-state index is 13.0. The lowest BCUT2D eigenvalue weighted by atomic mass is 10.1. The van der Waals surface area contributed by atoms with Crippen LogP contribution in [0, 0.1) is 6.92 Å². The average Bonchev–Trinajstić information content (AvgIpc) is 3.00. The second-order valence-corrected chi connectivity index (χ2v) is 7.26. The molecule has 0 unspecified atom stereocenters. The number of rotatable bonds is 6. The Morgan fingerprint density at radius 3 is 2.76 bits per heavy atom. The molecule has 0 aliphatic heterocycles. The minimum Gasteiger partial charge on any atom is -0.549 e. The normalized spacial score (nSPS) is 10.9. The van der Waals surface area contributed by atoms with Crippen molar-refractivity contribution in [2.24, 2.45) is 0 Å². The number of aromatic nitrogens is 2. The lowest BCUT2D eigenvalue weighted by Gasteiger charge is -2.11. The fourth-order valence-electron chi connectivity index (χ4n) is 2.48. The van der Waals surface area contributed by atoms with Crippen molar-refractivity contribution in [2.75, 3.05) is 5.75 Å². The summed E-state index contributed by atoms with van der Waals surface area (Å²) in [7, 11) is 0. The Labute approximate surface area is 152 Å². The molecule has 3 aromatic rings. The number of hydrogen-bond acceptors (Lipinski definition) is 6. The minimum atomic E-state index is -1.20. The Kier molecular flexibility index (Phi) is 5.06. The van der Waals surface area contributed by atoms with E-state index in [0.29, 0.717) is 15.4 Å². The molecule has 0 spiro atoms. The largest absolute Gasteiger partial charge is 0.549 e. The number of thiophene rings is 1. The third-order valence-electron chi connectivity index (χ3n) is 3.65. The van der Waals surface area contributed by atoms with E-state index in [9.17, 15) is 14.7 Å². The molecule has 0 atom stereocenters. The first-order valence-corrected chi connectivity index (χ1v) is 9.40. The van der Waals surface area contributed by atoms with Gasteiger partial charge in [0.25, 0.3) is 5.56 Å². The molecule has 0 bridgehead atoms. The van der Waals surface area contributed by atoms with E-state index in [2.05, 4.69) is 11.6 Å². The summed E-state index contributed by atoms with van der Waals surface area (Å²) in [6.45, 7) is 5.94. The van der Waals surface area contributed by atoms with Gasteiger partial charge in [0.05, 0.1) is 11.4 Å². The van der Waals surface area contributed by atoms with Crippen LogP contribution in [0.2, 0.25) is 0 Å². The van der Waals surface area contributed by atoms with Crippen LogP contribution in [0.5, 0.6) is 0 Å². The van der Waals surface area contributed by atoms with Crippen LogP contribution in [0.3, 0.4) is 0 Å². The molecule has 0 saturated carbocycles. The Balaban J connectivity index is 2.19. The van der Waals surface area contributed by atoms with E-state index in [4.69, 9.17) is 0 Å².